The van der Waals surface area contributed by atoms with Crippen molar-refractivity contribution in [2.24, 2.45) is 10.2 Å². The van der Waals surface area contributed by atoms with Crippen LogP contribution in [0.4, 0.5) is 28.4 Å². The maximum absolute atomic E-state index is 12.0. The SMILES string of the molecule is Cc1cc(N)c(OCCCS(=O)(=O)O)cc1N=Nc1ccc(Nc2ccc(S(=O)(=O)O)cc2)cc1S(=O)(=O)O. The first-order valence-electron chi connectivity index (χ1n) is 10.9. The number of rotatable bonds is 11. The largest absolute Gasteiger partial charge is 0.491 e. The van der Waals surface area contributed by atoms with E-state index in [2.05, 4.69) is 15.5 Å². The molecule has 39 heavy (non-hydrogen) atoms. The fourth-order valence-electron chi connectivity index (χ4n) is 3.22. The highest BCUT2D eigenvalue weighted by molar-refractivity contribution is 7.86. The maximum Gasteiger partial charge on any atom is 0.296 e. The number of hydrogen-bond donors (Lipinski definition) is 5. The lowest BCUT2D eigenvalue weighted by atomic mass is 10.1. The highest BCUT2D eigenvalue weighted by atomic mass is 32.2. The Bertz CT molecular complexity index is 1720. The molecule has 0 bridgehead atoms. The van der Waals surface area contributed by atoms with Crippen molar-refractivity contribution in [3.63, 3.8) is 0 Å². The van der Waals surface area contributed by atoms with Crippen LogP contribution in [0.1, 0.15) is 12.0 Å². The lowest BCUT2D eigenvalue weighted by Crippen LogP contribution is -2.09. The molecule has 0 saturated heterocycles. The van der Waals surface area contributed by atoms with Gasteiger partial charge in [-0.1, -0.05) is 0 Å². The second-order valence-corrected chi connectivity index (χ2v) is 12.5. The Labute approximate surface area is 224 Å². The molecule has 3 rings (SSSR count). The van der Waals surface area contributed by atoms with Crippen LogP contribution in [0.5, 0.6) is 5.75 Å². The molecule has 3 aromatic rings. The molecule has 0 aliphatic heterocycles. The van der Waals surface area contributed by atoms with Gasteiger partial charge in [0.2, 0.25) is 0 Å². The van der Waals surface area contributed by atoms with Crippen LogP contribution in [-0.2, 0) is 30.4 Å². The predicted octanol–water partition coefficient (Wildman–Crippen LogP) is 3.89. The van der Waals surface area contributed by atoms with Gasteiger partial charge in [-0.05, 0) is 67.4 Å². The molecule has 0 fully saturated rings. The van der Waals surface area contributed by atoms with Crippen LogP contribution >= 0.6 is 0 Å². The first-order chi connectivity index (χ1) is 18.0. The third kappa shape index (κ3) is 8.70. The summed E-state index contributed by atoms with van der Waals surface area (Å²) in [4.78, 5) is -0.896. The number of benzene rings is 3. The standard InChI is InChI=1S/C22H24N4O10S3/c1-14-11-18(23)21(36-9-2-10-37(27,28)29)13-20(14)26-25-19-8-5-16(12-22(19)39(33,34)35)24-15-3-6-17(7-4-15)38(30,31)32/h3-8,11-13,24H,2,9-10,23H2,1H3,(H,27,28,29)(H,30,31,32)(H,33,34,35). The molecule has 0 saturated carbocycles. The van der Waals surface area contributed by atoms with Crippen LogP contribution in [0, 0.1) is 6.92 Å². The van der Waals surface area contributed by atoms with Crippen molar-refractivity contribution in [2.45, 2.75) is 23.1 Å². The Morgan fingerprint density at radius 2 is 1.44 bits per heavy atom. The van der Waals surface area contributed by atoms with Crippen molar-refractivity contribution in [2.75, 3.05) is 23.4 Å². The summed E-state index contributed by atoms with van der Waals surface area (Å²) in [5.41, 5.74) is 7.34. The Balaban J connectivity index is 1.85. The zero-order valence-electron chi connectivity index (χ0n) is 20.2. The Hall–Kier alpha value is -3.61. The van der Waals surface area contributed by atoms with E-state index >= 15 is 0 Å². The van der Waals surface area contributed by atoms with Gasteiger partial charge in [-0.3, -0.25) is 13.7 Å². The number of nitrogen functional groups attached to an aromatic ring is 1. The Morgan fingerprint density at radius 1 is 0.821 bits per heavy atom. The van der Waals surface area contributed by atoms with Gasteiger partial charge in [0.1, 0.15) is 16.3 Å². The minimum atomic E-state index is -4.75. The zero-order valence-corrected chi connectivity index (χ0v) is 22.7. The van der Waals surface area contributed by atoms with Crippen molar-refractivity contribution in [1.82, 2.24) is 0 Å². The summed E-state index contributed by atoms with van der Waals surface area (Å²) in [7, 11) is -13.3. The molecule has 6 N–H and O–H groups in total. The molecule has 0 aromatic heterocycles. The van der Waals surface area contributed by atoms with E-state index in [9.17, 15) is 29.8 Å². The van der Waals surface area contributed by atoms with Crippen molar-refractivity contribution in [1.29, 1.82) is 0 Å². The second kappa shape index (κ2) is 11.6. The van der Waals surface area contributed by atoms with E-state index in [-0.39, 0.29) is 46.4 Å². The number of hydrogen-bond acceptors (Lipinski definition) is 11. The van der Waals surface area contributed by atoms with Crippen LogP contribution < -0.4 is 15.8 Å². The van der Waals surface area contributed by atoms with Gasteiger partial charge in [-0.15, -0.1) is 5.11 Å². The lowest BCUT2D eigenvalue weighted by Gasteiger charge is -2.11. The van der Waals surface area contributed by atoms with E-state index < -0.39 is 41.0 Å². The van der Waals surface area contributed by atoms with Crippen molar-refractivity contribution in [3.05, 3.63) is 60.2 Å². The number of nitrogens with one attached hydrogen (secondary N) is 1. The van der Waals surface area contributed by atoms with Gasteiger partial charge in [-0.2, -0.15) is 30.4 Å². The van der Waals surface area contributed by atoms with Crippen molar-refractivity contribution in [3.8, 4) is 5.75 Å². The topological polar surface area (TPSA) is 235 Å². The second-order valence-electron chi connectivity index (χ2n) is 8.15. The zero-order chi connectivity index (χ0) is 29.0. The number of nitrogens with zero attached hydrogens (tertiary/aromatic N) is 2. The Kier molecular flexibility index (Phi) is 8.94. The molecule has 0 amide bonds. The number of anilines is 3. The summed E-state index contributed by atoms with van der Waals surface area (Å²) in [5.74, 6) is -0.329. The molecular formula is C22H24N4O10S3. The number of aryl methyl sites for hydroxylation is 1. The minimum Gasteiger partial charge on any atom is -0.491 e. The predicted molar refractivity (Wildman–Crippen MR) is 142 cm³/mol. The lowest BCUT2D eigenvalue weighted by molar-refractivity contribution is 0.318. The minimum absolute atomic E-state index is 0.00574. The molecule has 0 spiro atoms. The van der Waals surface area contributed by atoms with Crippen LogP contribution in [-0.4, -0.2) is 51.3 Å². The molecule has 0 radical (unpaired) electrons. The van der Waals surface area contributed by atoms with E-state index in [0.29, 0.717) is 11.3 Å². The number of nitrogens with two attached hydrogens (primary N) is 1. The first-order valence-corrected chi connectivity index (χ1v) is 15.4. The molecule has 0 atom stereocenters. The number of azo groups is 1. The summed E-state index contributed by atoms with van der Waals surface area (Å²) < 4.78 is 101. The van der Waals surface area contributed by atoms with Crippen molar-refractivity contribution >= 4 is 58.8 Å². The van der Waals surface area contributed by atoms with Gasteiger partial charge < -0.3 is 15.8 Å². The van der Waals surface area contributed by atoms with Crippen LogP contribution in [0.3, 0.4) is 0 Å². The summed E-state index contributed by atoms with van der Waals surface area (Å²) >= 11 is 0. The molecule has 210 valence electrons. The molecule has 14 nitrogen and oxygen atoms in total. The molecular weight excluding hydrogens is 576 g/mol. The molecule has 0 aliphatic rings. The molecule has 3 aromatic carbocycles. The van der Waals surface area contributed by atoms with Gasteiger partial charge in [0, 0.05) is 17.4 Å². The molecule has 0 unspecified atom stereocenters. The van der Waals surface area contributed by atoms with Crippen molar-refractivity contribution < 1.29 is 43.6 Å². The maximum atomic E-state index is 12.0. The quantitative estimate of drug-likeness (QED) is 0.0912. The monoisotopic (exact) mass is 600 g/mol. The van der Waals surface area contributed by atoms with Crippen LogP contribution in [0.15, 0.2) is 74.6 Å². The van der Waals surface area contributed by atoms with Crippen LogP contribution in [0.2, 0.25) is 0 Å². The molecule has 17 heteroatoms. The normalized spacial score (nSPS) is 12.5. The van der Waals surface area contributed by atoms with E-state index in [4.69, 9.17) is 19.6 Å². The number of ether oxygens (including phenoxy) is 1. The Morgan fingerprint density at radius 3 is 2.03 bits per heavy atom. The molecule has 0 heterocycles. The fourth-order valence-corrected chi connectivity index (χ4v) is 4.83. The highest BCUT2D eigenvalue weighted by Crippen LogP contribution is 2.34. The fraction of sp³-hybridized carbons (Fsp3) is 0.182. The first kappa shape index (κ1) is 29.9. The highest BCUT2D eigenvalue weighted by Gasteiger charge is 2.17. The summed E-state index contributed by atoms with van der Waals surface area (Å²) in [6.45, 7) is 1.60. The van der Waals surface area contributed by atoms with Gasteiger partial charge >= 0.3 is 0 Å². The van der Waals surface area contributed by atoms with Gasteiger partial charge in [-0.25, -0.2) is 0 Å². The van der Waals surface area contributed by atoms with E-state index in [1.54, 1.807) is 6.92 Å². The van der Waals surface area contributed by atoms with Crippen LogP contribution in [0.25, 0.3) is 0 Å². The third-order valence-electron chi connectivity index (χ3n) is 5.08. The van der Waals surface area contributed by atoms with E-state index in [1.807, 2.05) is 0 Å². The van der Waals surface area contributed by atoms with E-state index in [1.165, 1.54) is 36.4 Å². The third-order valence-corrected chi connectivity index (χ3v) is 7.63. The van der Waals surface area contributed by atoms with Gasteiger partial charge in [0.15, 0.2) is 0 Å². The summed E-state index contributed by atoms with van der Waals surface area (Å²) in [6.07, 6.45) is 0.00574. The average Bonchev–Trinajstić information content (AvgIpc) is 2.81. The molecule has 0 aliphatic carbocycles. The van der Waals surface area contributed by atoms with E-state index in [0.717, 1.165) is 18.2 Å². The van der Waals surface area contributed by atoms with Gasteiger partial charge in [0.05, 0.1) is 28.6 Å². The summed E-state index contributed by atoms with van der Waals surface area (Å²) in [6, 6.07) is 11.7. The summed E-state index contributed by atoms with van der Waals surface area (Å²) in [5, 5.41) is 10.8. The van der Waals surface area contributed by atoms with Gasteiger partial charge in [0.25, 0.3) is 30.4 Å². The average molecular weight is 601 g/mol. The smallest absolute Gasteiger partial charge is 0.296 e.